The van der Waals surface area contributed by atoms with E-state index < -0.39 is 17.4 Å². The van der Waals surface area contributed by atoms with Crippen LogP contribution in [-0.4, -0.2) is 32.1 Å². The number of carboxylic acid groups (broad SMARTS) is 1. The average Bonchev–Trinajstić information content (AvgIpc) is 2.61. The number of aryl methyl sites for hydroxylation is 2. The van der Waals surface area contributed by atoms with E-state index in [1.165, 1.54) is 10.9 Å². The van der Waals surface area contributed by atoms with E-state index >= 15 is 0 Å². The van der Waals surface area contributed by atoms with Crippen LogP contribution in [0.15, 0.2) is 29.3 Å². The topological polar surface area (TPSA) is 101 Å². The zero-order chi connectivity index (χ0) is 19.6. The van der Waals surface area contributed by atoms with Gasteiger partial charge in [-0.25, -0.2) is 4.98 Å². The summed E-state index contributed by atoms with van der Waals surface area (Å²) in [7, 11) is 0. The Balaban J connectivity index is 1.71. The molecule has 7 nitrogen and oxygen atoms in total. The second kappa shape index (κ2) is 7.50. The second-order valence-corrected chi connectivity index (χ2v) is 7.57. The first-order valence-corrected chi connectivity index (χ1v) is 9.30. The number of carbonyl (C=O) groups excluding carboxylic acids is 1. The van der Waals surface area contributed by atoms with Crippen molar-refractivity contribution >= 4 is 22.8 Å². The van der Waals surface area contributed by atoms with Crippen molar-refractivity contribution in [2.24, 2.45) is 5.92 Å². The van der Waals surface area contributed by atoms with Crippen LogP contribution in [0.5, 0.6) is 0 Å². The first kappa shape index (κ1) is 19.1. The number of fused-ring (bicyclic) bond motifs is 1. The average molecular weight is 371 g/mol. The third-order valence-corrected chi connectivity index (χ3v) is 5.57. The lowest BCUT2D eigenvalue weighted by Crippen LogP contribution is -2.55. The molecule has 1 aliphatic carbocycles. The molecule has 1 heterocycles. The van der Waals surface area contributed by atoms with E-state index in [0.29, 0.717) is 23.7 Å². The number of nitrogens with zero attached hydrogens (tertiary/aromatic N) is 2. The molecule has 144 valence electrons. The SMILES string of the molecule is Cc1cccc2c(=O)n(CCC(=O)NC3(C)CCCCC3C(=O)O)cnc12. The molecule has 1 fully saturated rings. The summed E-state index contributed by atoms with van der Waals surface area (Å²) in [6, 6.07) is 5.44. The normalized spacial score (nSPS) is 22.5. The van der Waals surface area contributed by atoms with Gasteiger partial charge >= 0.3 is 5.97 Å². The number of aromatic nitrogens is 2. The fraction of sp³-hybridized carbons (Fsp3) is 0.500. The van der Waals surface area contributed by atoms with Crippen molar-refractivity contribution in [1.29, 1.82) is 0 Å². The van der Waals surface area contributed by atoms with Gasteiger partial charge in [-0.15, -0.1) is 0 Å². The van der Waals surface area contributed by atoms with Gasteiger partial charge in [-0.3, -0.25) is 19.0 Å². The number of aliphatic carboxylic acids is 1. The molecule has 0 bridgehead atoms. The molecule has 1 aromatic heterocycles. The molecule has 27 heavy (non-hydrogen) atoms. The summed E-state index contributed by atoms with van der Waals surface area (Å²) in [5.41, 5.74) is 0.677. The van der Waals surface area contributed by atoms with Crippen molar-refractivity contribution in [3.05, 3.63) is 40.4 Å². The molecule has 2 unspecified atom stereocenters. The van der Waals surface area contributed by atoms with E-state index in [9.17, 15) is 19.5 Å². The quantitative estimate of drug-likeness (QED) is 0.839. The van der Waals surface area contributed by atoms with Crippen molar-refractivity contribution in [3.8, 4) is 0 Å². The van der Waals surface area contributed by atoms with Gasteiger partial charge in [0.2, 0.25) is 5.91 Å². The van der Waals surface area contributed by atoms with Crippen molar-refractivity contribution in [2.75, 3.05) is 0 Å². The minimum atomic E-state index is -0.872. The maximum absolute atomic E-state index is 12.6. The summed E-state index contributed by atoms with van der Waals surface area (Å²) in [4.78, 5) is 40.9. The third-order valence-electron chi connectivity index (χ3n) is 5.57. The molecule has 1 aromatic carbocycles. The van der Waals surface area contributed by atoms with E-state index in [1.54, 1.807) is 13.0 Å². The second-order valence-electron chi connectivity index (χ2n) is 7.57. The molecule has 0 spiro atoms. The smallest absolute Gasteiger partial charge is 0.308 e. The lowest BCUT2D eigenvalue weighted by atomic mass is 9.74. The van der Waals surface area contributed by atoms with Crippen molar-refractivity contribution in [2.45, 2.75) is 58.0 Å². The Bertz CT molecular complexity index is 936. The largest absolute Gasteiger partial charge is 0.481 e. The number of para-hydroxylation sites is 1. The number of hydrogen-bond acceptors (Lipinski definition) is 4. The van der Waals surface area contributed by atoms with Gasteiger partial charge in [-0.1, -0.05) is 25.0 Å². The highest BCUT2D eigenvalue weighted by molar-refractivity contribution is 5.81. The van der Waals surface area contributed by atoms with Crippen LogP contribution in [0.1, 0.15) is 44.6 Å². The molecule has 0 aliphatic heterocycles. The summed E-state index contributed by atoms with van der Waals surface area (Å²) >= 11 is 0. The van der Waals surface area contributed by atoms with Crippen LogP contribution >= 0.6 is 0 Å². The van der Waals surface area contributed by atoms with E-state index in [1.807, 2.05) is 19.1 Å². The first-order valence-electron chi connectivity index (χ1n) is 9.30. The van der Waals surface area contributed by atoms with Crippen molar-refractivity contribution in [3.63, 3.8) is 0 Å². The van der Waals surface area contributed by atoms with Crippen molar-refractivity contribution < 1.29 is 14.7 Å². The molecule has 2 N–H and O–H groups in total. The van der Waals surface area contributed by atoms with E-state index in [4.69, 9.17) is 0 Å². The highest BCUT2D eigenvalue weighted by Gasteiger charge is 2.42. The summed E-state index contributed by atoms with van der Waals surface area (Å²) in [5.74, 6) is -1.70. The number of nitrogens with one attached hydrogen (secondary N) is 1. The Labute approximate surface area is 157 Å². The van der Waals surface area contributed by atoms with Gasteiger partial charge in [0.05, 0.1) is 28.7 Å². The minimum Gasteiger partial charge on any atom is -0.481 e. The van der Waals surface area contributed by atoms with E-state index in [-0.39, 0.29) is 24.4 Å². The Kier molecular flexibility index (Phi) is 5.30. The van der Waals surface area contributed by atoms with Gasteiger partial charge in [0.1, 0.15) is 0 Å². The monoisotopic (exact) mass is 371 g/mol. The summed E-state index contributed by atoms with van der Waals surface area (Å²) in [5, 5.41) is 12.9. The number of benzene rings is 1. The van der Waals surface area contributed by atoms with Crippen LogP contribution in [0, 0.1) is 12.8 Å². The number of carbonyl (C=O) groups is 2. The van der Waals surface area contributed by atoms with Crippen LogP contribution in [0.4, 0.5) is 0 Å². The van der Waals surface area contributed by atoms with Gasteiger partial charge in [0.25, 0.3) is 5.56 Å². The number of hydrogen-bond donors (Lipinski definition) is 2. The van der Waals surface area contributed by atoms with Gasteiger partial charge in [0, 0.05) is 13.0 Å². The first-order chi connectivity index (χ1) is 12.8. The fourth-order valence-electron chi connectivity index (χ4n) is 3.98. The number of rotatable bonds is 5. The molecule has 0 radical (unpaired) electrons. The molecule has 1 aliphatic rings. The molecule has 1 saturated carbocycles. The van der Waals surface area contributed by atoms with Crippen LogP contribution in [-0.2, 0) is 16.1 Å². The highest BCUT2D eigenvalue weighted by Crippen LogP contribution is 2.33. The number of amides is 1. The van der Waals surface area contributed by atoms with E-state index in [0.717, 1.165) is 18.4 Å². The number of carboxylic acids is 1. The lowest BCUT2D eigenvalue weighted by molar-refractivity contribution is -0.146. The van der Waals surface area contributed by atoms with Crippen LogP contribution in [0.25, 0.3) is 10.9 Å². The zero-order valence-corrected chi connectivity index (χ0v) is 15.7. The zero-order valence-electron chi connectivity index (χ0n) is 15.7. The Hall–Kier alpha value is -2.70. The molecule has 2 aromatic rings. The summed E-state index contributed by atoms with van der Waals surface area (Å²) in [6.45, 7) is 3.90. The van der Waals surface area contributed by atoms with Gasteiger partial charge in [-0.05, 0) is 38.3 Å². The maximum atomic E-state index is 12.6. The Morgan fingerprint density at radius 1 is 1.37 bits per heavy atom. The predicted octanol–water partition coefficient (Wildman–Crippen LogP) is 2.24. The molecule has 1 amide bonds. The molecule has 2 atom stereocenters. The molecular weight excluding hydrogens is 346 g/mol. The predicted molar refractivity (Wildman–Crippen MR) is 101 cm³/mol. The van der Waals surface area contributed by atoms with Crippen LogP contribution in [0.2, 0.25) is 0 Å². The summed E-state index contributed by atoms with van der Waals surface area (Å²) < 4.78 is 1.43. The van der Waals surface area contributed by atoms with Crippen molar-refractivity contribution in [1.82, 2.24) is 14.9 Å². The van der Waals surface area contributed by atoms with Gasteiger partial charge in [0.15, 0.2) is 0 Å². The van der Waals surface area contributed by atoms with Crippen LogP contribution < -0.4 is 10.9 Å². The molecule has 7 heteroatoms. The fourth-order valence-corrected chi connectivity index (χ4v) is 3.98. The molecule has 3 rings (SSSR count). The molecular formula is C20H25N3O4. The maximum Gasteiger partial charge on any atom is 0.308 e. The Morgan fingerprint density at radius 3 is 2.89 bits per heavy atom. The lowest BCUT2D eigenvalue weighted by Gasteiger charge is -2.39. The third kappa shape index (κ3) is 3.86. The van der Waals surface area contributed by atoms with Crippen LogP contribution in [0.3, 0.4) is 0 Å². The Morgan fingerprint density at radius 2 is 2.15 bits per heavy atom. The highest BCUT2D eigenvalue weighted by atomic mass is 16.4. The van der Waals surface area contributed by atoms with Gasteiger partial charge < -0.3 is 10.4 Å². The summed E-state index contributed by atoms with van der Waals surface area (Å²) in [6.07, 6.45) is 4.54. The van der Waals surface area contributed by atoms with E-state index in [2.05, 4.69) is 10.3 Å². The standard InChI is InChI=1S/C20H25N3O4/c1-13-6-5-7-14-17(13)21-12-23(18(14)25)11-9-16(24)22-20(2)10-4-3-8-15(20)19(26)27/h5-7,12,15H,3-4,8-11H2,1-2H3,(H,22,24)(H,26,27). The van der Waals surface area contributed by atoms with Gasteiger partial charge in [-0.2, -0.15) is 0 Å². The molecule has 0 saturated heterocycles. The minimum absolute atomic E-state index is 0.0981.